The van der Waals surface area contributed by atoms with Gasteiger partial charge in [0.25, 0.3) is 5.56 Å². The van der Waals surface area contributed by atoms with E-state index < -0.39 is 44.1 Å². The molecule has 4 atom stereocenters. The lowest BCUT2D eigenvalue weighted by molar-refractivity contribution is -0.103. The number of phosphoric acid groups is 1. The molecule has 2 aromatic rings. The van der Waals surface area contributed by atoms with Gasteiger partial charge in [-0.1, -0.05) is 0 Å². The monoisotopic (exact) mass is 378 g/mol. The van der Waals surface area contributed by atoms with Crippen molar-refractivity contribution in [1.82, 2.24) is 19.5 Å². The summed E-state index contributed by atoms with van der Waals surface area (Å²) >= 11 is 0. The summed E-state index contributed by atoms with van der Waals surface area (Å²) in [5.74, 6) is -0.222. The second-order valence-corrected chi connectivity index (χ2v) is 6.66. The minimum absolute atomic E-state index is 0.0705. The number of hydrogen-bond acceptors (Lipinski definition) is 10. The lowest BCUT2D eigenvalue weighted by Gasteiger charge is -2.26. The van der Waals surface area contributed by atoms with Crippen molar-refractivity contribution in [3.63, 3.8) is 0 Å². The second kappa shape index (κ2) is 5.82. The molecule has 15 heteroatoms. The number of ether oxygens (including phenoxy) is 1. The number of nitrogens with zero attached hydrogens (tertiary/aromatic N) is 3. The van der Waals surface area contributed by atoms with E-state index in [0.29, 0.717) is 0 Å². The zero-order chi connectivity index (χ0) is 18.6. The number of rotatable bonds is 4. The zero-order valence-corrected chi connectivity index (χ0v) is 13.3. The van der Waals surface area contributed by atoms with Crippen LogP contribution in [0, 0.1) is 0 Å². The molecule has 138 valence electrons. The number of nitrogens with one attached hydrogen (secondary N) is 1. The number of aromatic amines is 1. The van der Waals surface area contributed by atoms with E-state index in [4.69, 9.17) is 26.0 Å². The third-order valence-corrected chi connectivity index (χ3v) is 4.12. The molecule has 0 bridgehead atoms. The Labute approximate surface area is 138 Å². The first-order chi connectivity index (χ1) is 11.5. The molecule has 0 aromatic carbocycles. The van der Waals surface area contributed by atoms with Gasteiger partial charge in [0.05, 0.1) is 12.9 Å². The van der Waals surface area contributed by atoms with Crippen molar-refractivity contribution in [3.8, 4) is 0 Å². The Kier molecular flexibility index (Phi) is 4.17. The molecule has 0 spiro atoms. The lowest BCUT2D eigenvalue weighted by atomic mass is 10.1. The van der Waals surface area contributed by atoms with Crippen LogP contribution in [0.15, 0.2) is 11.1 Å². The highest BCUT2D eigenvalue weighted by Crippen LogP contribution is 2.40. The molecule has 25 heavy (non-hydrogen) atoms. The Morgan fingerprint density at radius 2 is 2.20 bits per heavy atom. The third kappa shape index (κ3) is 3.17. The summed E-state index contributed by atoms with van der Waals surface area (Å²) in [4.78, 5) is 39.2. The van der Waals surface area contributed by atoms with E-state index in [-0.39, 0.29) is 17.1 Å². The average molecular weight is 378 g/mol. The molecule has 14 nitrogen and oxygen atoms in total. The molecule has 0 unspecified atom stereocenters. The first kappa shape index (κ1) is 17.9. The van der Waals surface area contributed by atoms with Gasteiger partial charge in [-0.3, -0.25) is 24.6 Å². The van der Waals surface area contributed by atoms with Gasteiger partial charge in [-0.25, -0.2) is 9.55 Å². The first-order valence-electron chi connectivity index (χ1n) is 6.78. The molecule has 0 amide bonds. The predicted molar refractivity (Wildman–Crippen MR) is 79.6 cm³/mol. The Morgan fingerprint density at radius 3 is 2.84 bits per heavy atom. The van der Waals surface area contributed by atoms with E-state index in [2.05, 4.69) is 19.5 Å². The fourth-order valence-corrected chi connectivity index (χ4v) is 2.84. The molecular weight excluding hydrogens is 363 g/mol. The largest absolute Gasteiger partial charge is 0.469 e. The molecule has 9 N–H and O–H groups in total. The van der Waals surface area contributed by atoms with Crippen LogP contribution in [-0.2, 0) is 13.8 Å². The van der Waals surface area contributed by atoms with Crippen LogP contribution >= 0.6 is 7.82 Å². The van der Waals surface area contributed by atoms with Crippen LogP contribution < -0.4 is 17.0 Å². The van der Waals surface area contributed by atoms with E-state index in [1.165, 1.54) is 0 Å². The molecule has 0 radical (unpaired) electrons. The number of aliphatic hydroxyl groups excluding tert-OH is 1. The lowest BCUT2D eigenvalue weighted by Crippen LogP contribution is -2.54. The van der Waals surface area contributed by atoms with Crippen molar-refractivity contribution in [3.05, 3.63) is 16.7 Å². The molecule has 0 aliphatic carbocycles. The van der Waals surface area contributed by atoms with Crippen LogP contribution in [0.4, 0.5) is 5.95 Å². The van der Waals surface area contributed by atoms with Crippen molar-refractivity contribution < 1.29 is 33.8 Å². The highest BCUT2D eigenvalue weighted by atomic mass is 31.2. The summed E-state index contributed by atoms with van der Waals surface area (Å²) in [6, 6.07) is 0. The highest BCUT2D eigenvalue weighted by Gasteiger charge is 2.54. The molecule has 3 heterocycles. The fraction of sp³-hybridized carbons (Fsp3) is 0.500. The number of aromatic nitrogens is 4. The maximum absolute atomic E-state index is 11.8. The van der Waals surface area contributed by atoms with Crippen LogP contribution in [0.3, 0.4) is 0 Å². The van der Waals surface area contributed by atoms with Gasteiger partial charge in [0.1, 0.15) is 12.2 Å². The summed E-state index contributed by atoms with van der Waals surface area (Å²) in [5.41, 5.74) is 7.95. The number of aliphatic hydroxyl groups is 2. The Balaban J connectivity index is 1.97. The number of hydrogen-bond donors (Lipinski definition) is 7. The number of phosphoric ester groups is 1. The van der Waals surface area contributed by atoms with Gasteiger partial charge >= 0.3 is 7.82 Å². The second-order valence-electron chi connectivity index (χ2n) is 5.42. The number of fused-ring (bicyclic) bond motifs is 1. The van der Waals surface area contributed by atoms with Gasteiger partial charge in [0.15, 0.2) is 23.1 Å². The van der Waals surface area contributed by atoms with Gasteiger partial charge in [-0.05, 0) is 0 Å². The molecule has 2 aromatic heterocycles. The number of nitrogens with two attached hydrogens (primary N) is 2. The average Bonchev–Trinajstić information content (AvgIpc) is 2.97. The van der Waals surface area contributed by atoms with Gasteiger partial charge < -0.3 is 30.5 Å². The molecule has 1 fully saturated rings. The molecule has 1 aliphatic heterocycles. The molecule has 1 saturated heterocycles. The highest BCUT2D eigenvalue weighted by molar-refractivity contribution is 7.46. The third-order valence-electron chi connectivity index (χ3n) is 3.64. The molecule has 3 rings (SSSR count). The van der Waals surface area contributed by atoms with E-state index in [0.717, 1.165) is 10.9 Å². The van der Waals surface area contributed by atoms with Crippen LogP contribution in [-0.4, -0.2) is 64.1 Å². The first-order valence-corrected chi connectivity index (χ1v) is 8.31. The van der Waals surface area contributed by atoms with Crippen LogP contribution in [0.2, 0.25) is 0 Å². The number of nitrogen functional groups attached to an aromatic ring is 1. The Morgan fingerprint density at radius 1 is 1.52 bits per heavy atom. The minimum Gasteiger partial charge on any atom is -0.386 e. The maximum Gasteiger partial charge on any atom is 0.469 e. The number of imidazole rings is 1. The summed E-state index contributed by atoms with van der Waals surface area (Å²) < 4.78 is 21.5. The smallest absolute Gasteiger partial charge is 0.386 e. The van der Waals surface area contributed by atoms with Gasteiger partial charge in [0.2, 0.25) is 5.95 Å². The quantitative estimate of drug-likeness (QED) is 0.205. The van der Waals surface area contributed by atoms with Crippen LogP contribution in [0.25, 0.3) is 11.2 Å². The van der Waals surface area contributed by atoms with Crippen LogP contribution in [0.1, 0.15) is 6.23 Å². The van der Waals surface area contributed by atoms with Crippen molar-refractivity contribution >= 4 is 24.9 Å². The summed E-state index contributed by atoms with van der Waals surface area (Å²) in [6.07, 6.45) is -3.52. The van der Waals surface area contributed by atoms with E-state index in [9.17, 15) is 19.6 Å². The zero-order valence-electron chi connectivity index (χ0n) is 12.4. The Bertz CT molecular complexity index is 904. The summed E-state index contributed by atoms with van der Waals surface area (Å²) in [7, 11) is -4.83. The predicted octanol–water partition coefficient (Wildman–Crippen LogP) is -3.28. The van der Waals surface area contributed by atoms with Crippen molar-refractivity contribution in [2.75, 3.05) is 12.3 Å². The fourth-order valence-electron chi connectivity index (χ4n) is 2.50. The van der Waals surface area contributed by atoms with E-state index >= 15 is 0 Å². The van der Waals surface area contributed by atoms with Crippen molar-refractivity contribution in [1.29, 1.82) is 0 Å². The SMILES string of the molecule is Nc1nc2c(ncn2[C@@H]2O[C@H](COP(=O)(O)O)[C@@H](O)[C@@]2(N)O)c(=O)[nH]1. The van der Waals surface area contributed by atoms with Gasteiger partial charge in [0, 0.05) is 0 Å². The normalized spacial score (nSPS) is 30.2. The van der Waals surface area contributed by atoms with Crippen molar-refractivity contribution in [2.45, 2.75) is 24.2 Å². The summed E-state index contributed by atoms with van der Waals surface area (Å²) in [5, 5.41) is 20.4. The van der Waals surface area contributed by atoms with Gasteiger partial charge in [-0.15, -0.1) is 0 Å². The van der Waals surface area contributed by atoms with Crippen molar-refractivity contribution in [2.24, 2.45) is 5.73 Å². The summed E-state index contributed by atoms with van der Waals surface area (Å²) in [6.45, 7) is -0.746. The Hall–Kier alpha value is -1.90. The van der Waals surface area contributed by atoms with Gasteiger partial charge in [-0.2, -0.15) is 4.98 Å². The van der Waals surface area contributed by atoms with E-state index in [1.807, 2.05) is 0 Å². The molecular formula is C10H15N6O8P. The maximum atomic E-state index is 11.8. The molecule has 1 aliphatic rings. The number of H-pyrrole nitrogens is 1. The number of anilines is 1. The van der Waals surface area contributed by atoms with E-state index in [1.54, 1.807) is 0 Å². The molecule has 0 saturated carbocycles. The topological polar surface area (TPSA) is 232 Å². The standard InChI is InChI=1S/C10H15N6O8P/c11-9-14-6-4(7(18)15-9)13-2-16(6)8-10(12,19)5(17)3(24-8)1-23-25(20,21)22/h2-3,5,8,17,19H,1,12H2,(H2,20,21,22)(H3,11,14,15,18)/t3-,5-,8-,10-/m1/s1. The minimum atomic E-state index is -4.83. The van der Waals surface area contributed by atoms with Crippen LogP contribution in [0.5, 0.6) is 0 Å².